The highest BCUT2D eigenvalue weighted by Gasteiger charge is 2.16. The van der Waals surface area contributed by atoms with Gasteiger partial charge in [0, 0.05) is 6.42 Å². The van der Waals surface area contributed by atoms with Crippen molar-refractivity contribution in [1.82, 2.24) is 4.57 Å². The number of esters is 1. The largest absolute Gasteiger partial charge is 0.465 e. The SMILES string of the molecule is CCOC(=O)Cn1c(=NC(=O)CCC2CCCCC2)sc2cc(C)ccc21. The Hall–Kier alpha value is -1.95. The molecule has 146 valence electrons. The first-order valence-electron chi connectivity index (χ1n) is 9.90. The fourth-order valence-corrected chi connectivity index (χ4v) is 4.87. The normalized spacial score (nSPS) is 16.0. The summed E-state index contributed by atoms with van der Waals surface area (Å²) in [7, 11) is 0. The maximum absolute atomic E-state index is 12.5. The minimum atomic E-state index is -0.311. The third-order valence-electron chi connectivity index (χ3n) is 5.14. The maximum Gasteiger partial charge on any atom is 0.326 e. The number of fused-ring (bicyclic) bond motifs is 1. The number of benzene rings is 1. The summed E-state index contributed by atoms with van der Waals surface area (Å²) in [6.45, 7) is 4.23. The highest BCUT2D eigenvalue weighted by atomic mass is 32.1. The van der Waals surface area contributed by atoms with E-state index in [-0.39, 0.29) is 18.4 Å². The van der Waals surface area contributed by atoms with E-state index in [1.54, 1.807) is 11.5 Å². The monoisotopic (exact) mass is 388 g/mol. The third-order valence-corrected chi connectivity index (χ3v) is 6.18. The highest BCUT2D eigenvalue weighted by molar-refractivity contribution is 7.16. The molecule has 1 aromatic carbocycles. The van der Waals surface area contributed by atoms with Crippen molar-refractivity contribution in [2.45, 2.75) is 65.3 Å². The fourth-order valence-electron chi connectivity index (χ4n) is 3.72. The van der Waals surface area contributed by atoms with Gasteiger partial charge in [-0.1, -0.05) is 49.5 Å². The van der Waals surface area contributed by atoms with Gasteiger partial charge in [0.1, 0.15) is 6.54 Å². The van der Waals surface area contributed by atoms with Crippen molar-refractivity contribution in [3.05, 3.63) is 28.6 Å². The minimum absolute atomic E-state index is 0.0750. The summed E-state index contributed by atoms with van der Waals surface area (Å²) < 4.78 is 7.92. The highest BCUT2D eigenvalue weighted by Crippen LogP contribution is 2.27. The number of aromatic nitrogens is 1. The van der Waals surface area contributed by atoms with E-state index >= 15 is 0 Å². The third kappa shape index (κ3) is 5.28. The molecular formula is C21H28N2O3S. The summed E-state index contributed by atoms with van der Waals surface area (Å²) in [5.74, 6) is 0.255. The molecule has 0 N–H and O–H groups in total. The molecule has 2 aromatic rings. The molecule has 1 saturated carbocycles. The first-order valence-corrected chi connectivity index (χ1v) is 10.7. The molecule has 0 bridgehead atoms. The predicted octanol–water partition coefficient (Wildman–Crippen LogP) is 4.36. The summed E-state index contributed by atoms with van der Waals surface area (Å²) in [5, 5.41) is 0. The standard InChI is InChI=1S/C21H28N2O3S/c1-3-26-20(25)14-23-17-11-9-15(2)13-18(17)27-21(23)22-19(24)12-10-16-7-5-4-6-8-16/h9,11,13,16H,3-8,10,12,14H2,1-2H3. The van der Waals surface area contributed by atoms with E-state index in [1.807, 2.05) is 19.1 Å². The molecule has 0 atom stereocenters. The summed E-state index contributed by atoms with van der Waals surface area (Å²) >= 11 is 1.46. The Morgan fingerprint density at radius 1 is 1.26 bits per heavy atom. The van der Waals surface area contributed by atoms with E-state index < -0.39 is 0 Å². The Morgan fingerprint density at radius 2 is 2.04 bits per heavy atom. The van der Waals surface area contributed by atoms with Crippen LogP contribution in [-0.2, 0) is 20.9 Å². The Balaban J connectivity index is 1.83. The predicted molar refractivity (Wildman–Crippen MR) is 108 cm³/mol. The van der Waals surface area contributed by atoms with Gasteiger partial charge < -0.3 is 9.30 Å². The average molecular weight is 389 g/mol. The molecule has 0 saturated heterocycles. The minimum Gasteiger partial charge on any atom is -0.465 e. The van der Waals surface area contributed by atoms with Crippen molar-refractivity contribution in [1.29, 1.82) is 0 Å². The van der Waals surface area contributed by atoms with Crippen LogP contribution in [0.5, 0.6) is 0 Å². The van der Waals surface area contributed by atoms with E-state index in [9.17, 15) is 9.59 Å². The van der Waals surface area contributed by atoms with Gasteiger partial charge in [0.25, 0.3) is 0 Å². The van der Waals surface area contributed by atoms with Crippen molar-refractivity contribution in [3.63, 3.8) is 0 Å². The second-order valence-corrected chi connectivity index (χ2v) is 8.30. The lowest BCUT2D eigenvalue weighted by atomic mass is 9.86. The molecule has 0 unspecified atom stereocenters. The van der Waals surface area contributed by atoms with Crippen molar-refractivity contribution < 1.29 is 14.3 Å². The van der Waals surface area contributed by atoms with Crippen LogP contribution in [0, 0.1) is 12.8 Å². The van der Waals surface area contributed by atoms with Crippen LogP contribution < -0.4 is 4.80 Å². The van der Waals surface area contributed by atoms with Crippen LogP contribution in [0.1, 0.15) is 57.4 Å². The molecule has 1 amide bonds. The molecule has 0 radical (unpaired) electrons. The second kappa shape index (κ2) is 9.31. The van der Waals surface area contributed by atoms with Crippen LogP contribution >= 0.6 is 11.3 Å². The number of aryl methyl sites for hydroxylation is 1. The Bertz CT molecular complexity index is 875. The van der Waals surface area contributed by atoms with Crippen LogP contribution in [0.4, 0.5) is 0 Å². The lowest BCUT2D eigenvalue weighted by Crippen LogP contribution is -2.23. The number of hydrogen-bond donors (Lipinski definition) is 0. The maximum atomic E-state index is 12.5. The van der Waals surface area contributed by atoms with Gasteiger partial charge in [0.05, 0.1) is 16.8 Å². The van der Waals surface area contributed by atoms with Crippen LogP contribution in [0.15, 0.2) is 23.2 Å². The summed E-state index contributed by atoms with van der Waals surface area (Å²) in [4.78, 5) is 29.4. The van der Waals surface area contributed by atoms with E-state index in [4.69, 9.17) is 4.74 Å². The zero-order valence-electron chi connectivity index (χ0n) is 16.2. The van der Waals surface area contributed by atoms with Crippen LogP contribution in [0.25, 0.3) is 10.2 Å². The van der Waals surface area contributed by atoms with Gasteiger partial charge in [-0.3, -0.25) is 9.59 Å². The van der Waals surface area contributed by atoms with Crippen molar-refractivity contribution >= 4 is 33.4 Å². The van der Waals surface area contributed by atoms with Gasteiger partial charge in [-0.15, -0.1) is 0 Å². The lowest BCUT2D eigenvalue weighted by molar-refractivity contribution is -0.143. The number of carbonyl (C=O) groups excluding carboxylic acids is 2. The number of amides is 1. The van der Waals surface area contributed by atoms with Gasteiger partial charge in [-0.2, -0.15) is 4.99 Å². The summed E-state index contributed by atoms with van der Waals surface area (Å²) in [6, 6.07) is 6.05. The number of thiazole rings is 1. The van der Waals surface area contributed by atoms with Gasteiger partial charge in [0.15, 0.2) is 4.80 Å². The fraction of sp³-hybridized carbons (Fsp3) is 0.571. The van der Waals surface area contributed by atoms with E-state index in [2.05, 4.69) is 11.1 Å². The van der Waals surface area contributed by atoms with Crippen LogP contribution in [0.3, 0.4) is 0 Å². The first kappa shape index (κ1) is 19.8. The number of ether oxygens (including phenoxy) is 1. The van der Waals surface area contributed by atoms with Crippen LogP contribution in [-0.4, -0.2) is 23.1 Å². The molecule has 0 aliphatic heterocycles. The van der Waals surface area contributed by atoms with Gasteiger partial charge in [-0.25, -0.2) is 0 Å². The molecule has 27 heavy (non-hydrogen) atoms. The van der Waals surface area contributed by atoms with Gasteiger partial charge in [-0.05, 0) is 43.9 Å². The molecule has 0 spiro atoms. The van der Waals surface area contributed by atoms with E-state index in [0.29, 0.717) is 23.7 Å². The molecule has 1 heterocycles. The average Bonchev–Trinajstić information content (AvgIpc) is 2.97. The smallest absolute Gasteiger partial charge is 0.326 e. The molecule has 1 fully saturated rings. The van der Waals surface area contributed by atoms with Crippen molar-refractivity contribution in [2.75, 3.05) is 6.61 Å². The van der Waals surface area contributed by atoms with Crippen molar-refractivity contribution in [2.24, 2.45) is 10.9 Å². The molecule has 6 heteroatoms. The number of hydrogen-bond acceptors (Lipinski definition) is 4. The topological polar surface area (TPSA) is 60.7 Å². The summed E-state index contributed by atoms with van der Waals surface area (Å²) in [5.41, 5.74) is 2.06. The molecule has 1 aromatic heterocycles. The Labute approximate surface area is 164 Å². The van der Waals surface area contributed by atoms with Crippen molar-refractivity contribution in [3.8, 4) is 0 Å². The number of rotatable bonds is 6. The first-order chi connectivity index (χ1) is 13.1. The van der Waals surface area contributed by atoms with Crippen LogP contribution in [0.2, 0.25) is 0 Å². The molecule has 5 nitrogen and oxygen atoms in total. The Morgan fingerprint density at radius 3 is 2.78 bits per heavy atom. The zero-order chi connectivity index (χ0) is 19.2. The number of nitrogens with zero attached hydrogens (tertiary/aromatic N) is 2. The molecular weight excluding hydrogens is 360 g/mol. The van der Waals surface area contributed by atoms with E-state index in [1.165, 1.54) is 43.4 Å². The lowest BCUT2D eigenvalue weighted by Gasteiger charge is -2.20. The number of carbonyl (C=O) groups is 2. The molecule has 3 rings (SSSR count). The molecule has 1 aliphatic carbocycles. The quantitative estimate of drug-likeness (QED) is 0.691. The van der Waals surface area contributed by atoms with E-state index in [0.717, 1.165) is 22.2 Å². The van der Waals surface area contributed by atoms with Gasteiger partial charge in [0.2, 0.25) is 5.91 Å². The second-order valence-electron chi connectivity index (χ2n) is 7.30. The zero-order valence-corrected chi connectivity index (χ0v) is 17.0. The Kier molecular flexibility index (Phi) is 6.83. The summed E-state index contributed by atoms with van der Waals surface area (Å²) in [6.07, 6.45) is 7.76. The molecule has 1 aliphatic rings. The van der Waals surface area contributed by atoms with Gasteiger partial charge >= 0.3 is 5.97 Å².